The highest BCUT2D eigenvalue weighted by molar-refractivity contribution is 7.92. The van der Waals surface area contributed by atoms with Crippen LogP contribution in [0, 0.1) is 5.82 Å². The topological polar surface area (TPSA) is 98.7 Å². The molecule has 2 aliphatic rings. The van der Waals surface area contributed by atoms with Crippen LogP contribution in [0.4, 0.5) is 28.0 Å². The largest absolute Gasteiger partial charge is 0.421 e. The number of aliphatic hydroxyl groups is 1. The lowest BCUT2D eigenvalue weighted by atomic mass is 9.89. The van der Waals surface area contributed by atoms with Gasteiger partial charge in [0.25, 0.3) is 10.0 Å². The fraction of sp³-hybridized carbons (Fsp3) is 0.435. The van der Waals surface area contributed by atoms with Crippen LogP contribution in [-0.4, -0.2) is 44.4 Å². The SMILES string of the molecule is CC(O)(c1ccc2c(c1)CCC(CNC(=O)NC1CC1)N2S(=O)(=O)c1ccc(F)cc1)C(F)(F)F. The molecule has 1 aliphatic carbocycles. The van der Waals surface area contributed by atoms with E-state index < -0.39 is 45.3 Å². The zero-order chi connectivity index (χ0) is 25.6. The van der Waals surface area contributed by atoms with Crippen LogP contribution in [0.2, 0.25) is 0 Å². The van der Waals surface area contributed by atoms with Gasteiger partial charge < -0.3 is 15.7 Å². The predicted molar refractivity (Wildman–Crippen MR) is 120 cm³/mol. The van der Waals surface area contributed by atoms with Gasteiger partial charge in [0.05, 0.1) is 16.6 Å². The first-order valence-corrected chi connectivity index (χ1v) is 12.5. The van der Waals surface area contributed by atoms with Gasteiger partial charge in [-0.25, -0.2) is 17.6 Å². The monoisotopic (exact) mass is 515 g/mol. The molecule has 0 saturated heterocycles. The molecule has 12 heteroatoms. The lowest BCUT2D eigenvalue weighted by molar-refractivity contribution is -0.258. The van der Waals surface area contributed by atoms with Crippen molar-refractivity contribution in [2.75, 3.05) is 10.8 Å². The maximum absolute atomic E-state index is 13.6. The van der Waals surface area contributed by atoms with Crippen LogP contribution in [0.3, 0.4) is 0 Å². The standard InChI is InChI=1S/C23H25F4N3O4S/c1-22(32,23(25,26)27)15-3-11-20-14(12-15)2-8-18(13-28-21(31)29-17-6-7-17)30(20)35(33,34)19-9-4-16(24)5-10-19/h3-5,9-12,17-18,32H,2,6-8,13H2,1H3,(H2,28,29,31). The number of sulfonamides is 1. The average Bonchev–Trinajstić information content (AvgIpc) is 3.60. The minimum atomic E-state index is -4.93. The van der Waals surface area contributed by atoms with Crippen LogP contribution in [0.25, 0.3) is 0 Å². The number of nitrogens with one attached hydrogen (secondary N) is 2. The summed E-state index contributed by atoms with van der Waals surface area (Å²) in [5.41, 5.74) is -3.10. The third-order valence-corrected chi connectivity index (χ3v) is 8.17. The lowest BCUT2D eigenvalue weighted by Crippen LogP contribution is -2.51. The zero-order valence-electron chi connectivity index (χ0n) is 18.8. The summed E-state index contributed by atoms with van der Waals surface area (Å²) >= 11 is 0. The highest BCUT2D eigenvalue weighted by atomic mass is 32.2. The molecule has 1 saturated carbocycles. The highest BCUT2D eigenvalue weighted by Gasteiger charge is 2.51. The molecule has 0 spiro atoms. The number of hydrogen-bond acceptors (Lipinski definition) is 4. The van der Waals surface area contributed by atoms with Crippen molar-refractivity contribution in [3.8, 4) is 0 Å². The summed E-state index contributed by atoms with van der Waals surface area (Å²) in [5.74, 6) is -0.628. The quantitative estimate of drug-likeness (QED) is 0.513. The Labute approximate surface area is 200 Å². The number of halogens is 4. The van der Waals surface area contributed by atoms with Crippen LogP contribution in [-0.2, 0) is 22.0 Å². The molecule has 0 aromatic heterocycles. The van der Waals surface area contributed by atoms with Gasteiger partial charge in [-0.1, -0.05) is 12.1 Å². The summed E-state index contributed by atoms with van der Waals surface area (Å²) in [4.78, 5) is 11.9. The molecule has 4 rings (SSSR count). The predicted octanol–water partition coefficient (Wildman–Crippen LogP) is 3.57. The number of urea groups is 1. The first-order chi connectivity index (χ1) is 16.3. The number of fused-ring (bicyclic) bond motifs is 1. The third-order valence-electron chi connectivity index (χ3n) is 6.29. The Morgan fingerprint density at radius 3 is 2.37 bits per heavy atom. The molecular weight excluding hydrogens is 490 g/mol. The molecule has 35 heavy (non-hydrogen) atoms. The first kappa shape index (κ1) is 25.2. The number of nitrogens with zero attached hydrogens (tertiary/aromatic N) is 1. The summed E-state index contributed by atoms with van der Waals surface area (Å²) in [6.07, 6.45) is -2.76. The Morgan fingerprint density at radius 2 is 1.77 bits per heavy atom. The molecule has 2 aromatic carbocycles. The molecule has 1 aliphatic heterocycles. The van der Waals surface area contributed by atoms with Gasteiger partial charge in [-0.05, 0) is 74.1 Å². The maximum Gasteiger partial charge on any atom is 0.421 e. The van der Waals surface area contributed by atoms with Crippen molar-refractivity contribution in [1.82, 2.24) is 10.6 Å². The maximum atomic E-state index is 13.6. The summed E-state index contributed by atoms with van der Waals surface area (Å²) in [6, 6.07) is 6.54. The number of carbonyl (C=O) groups excluding carboxylic acids is 1. The van der Waals surface area contributed by atoms with Crippen LogP contribution in [0.1, 0.15) is 37.3 Å². The van der Waals surface area contributed by atoms with Gasteiger partial charge in [0.1, 0.15) is 5.82 Å². The number of rotatable bonds is 6. The number of anilines is 1. The summed E-state index contributed by atoms with van der Waals surface area (Å²) in [6.45, 7) is 0.593. The van der Waals surface area contributed by atoms with Gasteiger partial charge in [-0.15, -0.1) is 0 Å². The molecule has 2 unspecified atom stereocenters. The zero-order valence-corrected chi connectivity index (χ0v) is 19.6. The number of alkyl halides is 3. The van der Waals surface area contributed by atoms with Crippen molar-refractivity contribution in [2.45, 2.75) is 61.4 Å². The van der Waals surface area contributed by atoms with E-state index in [4.69, 9.17) is 0 Å². The molecule has 2 aromatic rings. The lowest BCUT2D eigenvalue weighted by Gasteiger charge is -2.39. The Hall–Kier alpha value is -2.86. The van der Waals surface area contributed by atoms with Gasteiger partial charge in [0.2, 0.25) is 0 Å². The van der Waals surface area contributed by atoms with E-state index in [9.17, 15) is 35.9 Å². The van der Waals surface area contributed by atoms with E-state index in [-0.39, 0.29) is 36.0 Å². The number of amides is 2. The van der Waals surface area contributed by atoms with Gasteiger partial charge in [0.15, 0.2) is 5.60 Å². The highest BCUT2D eigenvalue weighted by Crippen LogP contribution is 2.42. The molecule has 1 heterocycles. The molecule has 190 valence electrons. The molecule has 7 nitrogen and oxygen atoms in total. The van der Waals surface area contributed by atoms with E-state index in [0.29, 0.717) is 12.5 Å². The molecular formula is C23H25F4N3O4S. The van der Waals surface area contributed by atoms with Gasteiger partial charge >= 0.3 is 12.2 Å². The minimum absolute atomic E-state index is 0.0412. The van der Waals surface area contributed by atoms with E-state index in [1.54, 1.807) is 0 Å². The van der Waals surface area contributed by atoms with Crippen molar-refractivity contribution in [2.24, 2.45) is 0 Å². The number of hydrogen-bond donors (Lipinski definition) is 3. The van der Waals surface area contributed by atoms with Crippen LogP contribution < -0.4 is 14.9 Å². The van der Waals surface area contributed by atoms with Crippen molar-refractivity contribution >= 4 is 21.7 Å². The molecule has 2 amide bonds. The second-order valence-corrected chi connectivity index (χ2v) is 10.8. The molecule has 2 atom stereocenters. The number of benzene rings is 2. The third kappa shape index (κ3) is 5.08. The summed E-state index contributed by atoms with van der Waals surface area (Å²) in [5, 5.41) is 15.5. The van der Waals surface area contributed by atoms with Crippen LogP contribution in [0.5, 0.6) is 0 Å². The normalized spacial score (nSPS) is 20.1. The molecule has 1 fully saturated rings. The Bertz CT molecular complexity index is 1210. The van der Waals surface area contributed by atoms with Crippen LogP contribution >= 0.6 is 0 Å². The Kier molecular flexibility index (Phi) is 6.47. The smallest absolute Gasteiger partial charge is 0.376 e. The molecule has 3 N–H and O–H groups in total. The fourth-order valence-electron chi connectivity index (χ4n) is 4.01. The van der Waals surface area contributed by atoms with E-state index in [2.05, 4.69) is 10.6 Å². The number of carbonyl (C=O) groups is 1. The minimum Gasteiger partial charge on any atom is -0.376 e. The fourth-order valence-corrected chi connectivity index (χ4v) is 5.73. The first-order valence-electron chi connectivity index (χ1n) is 11.1. The molecule has 0 bridgehead atoms. The van der Waals surface area contributed by atoms with Gasteiger partial charge in [-0.3, -0.25) is 4.31 Å². The van der Waals surface area contributed by atoms with Crippen LogP contribution in [0.15, 0.2) is 47.4 Å². The summed E-state index contributed by atoms with van der Waals surface area (Å²) < 4.78 is 81.8. The summed E-state index contributed by atoms with van der Waals surface area (Å²) in [7, 11) is -4.27. The second kappa shape index (κ2) is 8.98. The van der Waals surface area contributed by atoms with Crippen molar-refractivity contribution in [3.63, 3.8) is 0 Å². The average molecular weight is 516 g/mol. The van der Waals surface area contributed by atoms with Gasteiger partial charge in [-0.2, -0.15) is 13.2 Å². The van der Waals surface area contributed by atoms with Crippen molar-refractivity contribution < 1.29 is 35.9 Å². The second-order valence-electron chi connectivity index (χ2n) is 8.99. The van der Waals surface area contributed by atoms with Crippen molar-refractivity contribution in [1.29, 1.82) is 0 Å². The van der Waals surface area contributed by atoms with E-state index in [0.717, 1.165) is 53.5 Å². The van der Waals surface area contributed by atoms with E-state index >= 15 is 0 Å². The molecule has 0 radical (unpaired) electrons. The number of aryl methyl sites for hydroxylation is 1. The Morgan fingerprint density at radius 1 is 1.11 bits per heavy atom. The Balaban J connectivity index is 1.71. The van der Waals surface area contributed by atoms with Gasteiger partial charge in [0, 0.05) is 12.6 Å². The van der Waals surface area contributed by atoms with E-state index in [1.807, 2.05) is 0 Å². The van der Waals surface area contributed by atoms with E-state index in [1.165, 1.54) is 6.07 Å². The van der Waals surface area contributed by atoms with Crippen molar-refractivity contribution in [3.05, 3.63) is 59.4 Å².